The van der Waals surface area contributed by atoms with Crippen LogP contribution in [-0.2, 0) is 6.42 Å². The normalized spacial score (nSPS) is 10.9. The Bertz CT molecular complexity index is 838. The van der Waals surface area contributed by atoms with Gasteiger partial charge < -0.3 is 11.1 Å². The molecule has 0 saturated carbocycles. The van der Waals surface area contributed by atoms with Crippen molar-refractivity contribution in [1.82, 2.24) is 19.9 Å². The Hall–Kier alpha value is -2.73. The molecule has 2 heterocycles. The first kappa shape index (κ1) is 16.1. The molecule has 0 fully saturated rings. The largest absolute Gasteiger partial charge is 0.352 e. The lowest BCUT2D eigenvalue weighted by atomic mass is 10.1. The van der Waals surface area contributed by atoms with Crippen molar-refractivity contribution < 1.29 is 4.79 Å². The number of fused-ring (bicyclic) bond motifs is 1. The number of carbonyl (C=O) groups is 1. The number of pyridine rings is 1. The molecule has 0 aliphatic carbocycles. The van der Waals surface area contributed by atoms with Gasteiger partial charge in [0.1, 0.15) is 5.82 Å². The van der Waals surface area contributed by atoms with E-state index >= 15 is 0 Å². The zero-order valence-corrected chi connectivity index (χ0v) is 13.7. The lowest BCUT2D eigenvalue weighted by molar-refractivity contribution is 0.0953. The number of hydrogen-bond acceptors (Lipinski definition) is 4. The smallest absolute Gasteiger partial charge is 0.252 e. The van der Waals surface area contributed by atoms with Crippen molar-refractivity contribution in [3.63, 3.8) is 0 Å². The second kappa shape index (κ2) is 7.23. The Morgan fingerprint density at radius 2 is 1.96 bits per heavy atom. The van der Waals surface area contributed by atoms with Gasteiger partial charge in [-0.1, -0.05) is 29.8 Å². The lowest BCUT2D eigenvalue weighted by Crippen LogP contribution is -2.26. The van der Waals surface area contributed by atoms with Crippen LogP contribution in [0.4, 0.5) is 0 Å². The number of aryl methyl sites for hydroxylation is 1. The summed E-state index contributed by atoms with van der Waals surface area (Å²) < 4.78 is 1.87. The topological polar surface area (TPSA) is 85.3 Å². The minimum Gasteiger partial charge on any atom is -0.352 e. The third-order valence-electron chi connectivity index (χ3n) is 3.88. The Balaban J connectivity index is 1.83. The number of aromatic nitrogens is 3. The molecule has 0 unspecified atom stereocenters. The van der Waals surface area contributed by atoms with Gasteiger partial charge in [-0.25, -0.2) is 0 Å². The highest BCUT2D eigenvalue weighted by atomic mass is 16.1. The van der Waals surface area contributed by atoms with E-state index in [2.05, 4.69) is 46.7 Å². The van der Waals surface area contributed by atoms with Crippen LogP contribution in [0.2, 0.25) is 0 Å². The van der Waals surface area contributed by atoms with Gasteiger partial charge in [-0.3, -0.25) is 9.20 Å². The number of amides is 1. The Morgan fingerprint density at radius 3 is 2.71 bits per heavy atom. The van der Waals surface area contributed by atoms with E-state index in [0.29, 0.717) is 25.1 Å². The predicted octanol–water partition coefficient (Wildman–Crippen LogP) is 1.71. The van der Waals surface area contributed by atoms with Crippen molar-refractivity contribution >= 4 is 11.6 Å². The van der Waals surface area contributed by atoms with Crippen LogP contribution in [0.1, 0.15) is 33.7 Å². The van der Waals surface area contributed by atoms with Crippen LogP contribution in [0.5, 0.6) is 0 Å². The minimum absolute atomic E-state index is 0.111. The van der Waals surface area contributed by atoms with E-state index < -0.39 is 0 Å². The molecule has 1 amide bonds. The molecule has 6 heteroatoms. The number of hydrogen-bond donors (Lipinski definition) is 2. The first-order valence-corrected chi connectivity index (χ1v) is 8.05. The van der Waals surface area contributed by atoms with Gasteiger partial charge in [0.15, 0.2) is 5.65 Å². The van der Waals surface area contributed by atoms with Crippen molar-refractivity contribution in [3.8, 4) is 0 Å². The summed E-state index contributed by atoms with van der Waals surface area (Å²) in [4.78, 5) is 12.2. The standard InChI is InChI=1S/C18H21N5O/c1-13-3-5-14(6-4-13)11-17-22-21-16-8-7-15(12-23(16)17)18(24)20-10-2-9-19/h3-8,12H,2,9-11,19H2,1H3,(H,20,24). The summed E-state index contributed by atoms with van der Waals surface area (Å²) in [7, 11) is 0. The predicted molar refractivity (Wildman–Crippen MR) is 93.0 cm³/mol. The maximum atomic E-state index is 12.2. The molecular weight excluding hydrogens is 302 g/mol. The SMILES string of the molecule is Cc1ccc(Cc2nnc3ccc(C(=O)NCCCN)cn23)cc1. The van der Waals surface area contributed by atoms with Crippen molar-refractivity contribution in [2.75, 3.05) is 13.1 Å². The van der Waals surface area contributed by atoms with Gasteiger partial charge in [0.2, 0.25) is 0 Å². The molecule has 0 aliphatic heterocycles. The number of nitrogens with zero attached hydrogens (tertiary/aromatic N) is 3. The summed E-state index contributed by atoms with van der Waals surface area (Å²) in [6.07, 6.45) is 3.22. The van der Waals surface area contributed by atoms with E-state index in [4.69, 9.17) is 5.73 Å². The van der Waals surface area contributed by atoms with E-state index in [9.17, 15) is 4.79 Å². The Morgan fingerprint density at radius 1 is 1.17 bits per heavy atom. The highest BCUT2D eigenvalue weighted by Gasteiger charge is 2.10. The molecule has 1 aromatic carbocycles. The lowest BCUT2D eigenvalue weighted by Gasteiger charge is -2.06. The van der Waals surface area contributed by atoms with Crippen LogP contribution < -0.4 is 11.1 Å². The number of nitrogens with two attached hydrogens (primary N) is 1. The van der Waals surface area contributed by atoms with Crippen LogP contribution in [-0.4, -0.2) is 33.6 Å². The van der Waals surface area contributed by atoms with Crippen molar-refractivity contribution in [2.45, 2.75) is 19.8 Å². The molecule has 0 atom stereocenters. The zero-order valence-electron chi connectivity index (χ0n) is 13.7. The van der Waals surface area contributed by atoms with Crippen molar-refractivity contribution in [1.29, 1.82) is 0 Å². The van der Waals surface area contributed by atoms with Gasteiger partial charge in [0.25, 0.3) is 5.91 Å². The molecule has 3 rings (SSSR count). The number of nitrogens with one attached hydrogen (secondary N) is 1. The Kier molecular flexibility index (Phi) is 4.86. The highest BCUT2D eigenvalue weighted by molar-refractivity contribution is 5.94. The minimum atomic E-state index is -0.111. The van der Waals surface area contributed by atoms with E-state index in [1.807, 2.05) is 10.5 Å². The summed E-state index contributed by atoms with van der Waals surface area (Å²) in [5.74, 6) is 0.700. The van der Waals surface area contributed by atoms with E-state index in [1.165, 1.54) is 5.56 Å². The van der Waals surface area contributed by atoms with Gasteiger partial charge >= 0.3 is 0 Å². The van der Waals surface area contributed by atoms with Crippen molar-refractivity contribution in [3.05, 3.63) is 65.1 Å². The third kappa shape index (κ3) is 3.60. The highest BCUT2D eigenvalue weighted by Crippen LogP contribution is 2.12. The molecule has 0 aliphatic rings. The van der Waals surface area contributed by atoms with Crippen LogP contribution in [0, 0.1) is 6.92 Å². The summed E-state index contributed by atoms with van der Waals surface area (Å²) in [5, 5.41) is 11.3. The molecule has 0 radical (unpaired) electrons. The molecule has 0 saturated heterocycles. The van der Waals surface area contributed by atoms with Gasteiger partial charge in [-0.15, -0.1) is 10.2 Å². The summed E-state index contributed by atoms with van der Waals surface area (Å²) >= 11 is 0. The summed E-state index contributed by atoms with van der Waals surface area (Å²) in [5.41, 5.74) is 9.15. The van der Waals surface area contributed by atoms with Crippen LogP contribution in [0.3, 0.4) is 0 Å². The van der Waals surface area contributed by atoms with Gasteiger partial charge in [-0.2, -0.15) is 0 Å². The molecule has 3 N–H and O–H groups in total. The van der Waals surface area contributed by atoms with E-state index in [0.717, 1.165) is 23.5 Å². The number of benzene rings is 1. The zero-order chi connectivity index (χ0) is 16.9. The quantitative estimate of drug-likeness (QED) is 0.676. The van der Waals surface area contributed by atoms with Crippen LogP contribution in [0.15, 0.2) is 42.6 Å². The van der Waals surface area contributed by atoms with Gasteiger partial charge in [0.05, 0.1) is 5.56 Å². The van der Waals surface area contributed by atoms with Gasteiger partial charge in [0, 0.05) is 19.2 Å². The molecule has 2 aromatic heterocycles. The van der Waals surface area contributed by atoms with Crippen molar-refractivity contribution in [2.24, 2.45) is 5.73 Å². The second-order valence-electron chi connectivity index (χ2n) is 5.82. The maximum Gasteiger partial charge on any atom is 0.252 e. The molecular formula is C18H21N5O. The molecule has 0 bridgehead atoms. The fourth-order valence-electron chi connectivity index (χ4n) is 2.49. The molecule has 3 aromatic rings. The average molecular weight is 323 g/mol. The van der Waals surface area contributed by atoms with Gasteiger partial charge in [-0.05, 0) is 37.6 Å². The summed E-state index contributed by atoms with van der Waals surface area (Å²) in [6, 6.07) is 11.9. The first-order valence-electron chi connectivity index (χ1n) is 8.05. The third-order valence-corrected chi connectivity index (χ3v) is 3.88. The second-order valence-corrected chi connectivity index (χ2v) is 5.82. The molecule has 124 valence electrons. The van der Waals surface area contributed by atoms with E-state index in [-0.39, 0.29) is 5.91 Å². The Labute approximate surface area is 140 Å². The fourth-order valence-corrected chi connectivity index (χ4v) is 2.49. The molecule has 0 spiro atoms. The average Bonchev–Trinajstić information content (AvgIpc) is 2.99. The summed E-state index contributed by atoms with van der Waals surface area (Å²) in [6.45, 7) is 3.20. The van der Waals surface area contributed by atoms with Crippen LogP contribution >= 0.6 is 0 Å². The van der Waals surface area contributed by atoms with Crippen LogP contribution in [0.25, 0.3) is 5.65 Å². The number of carbonyl (C=O) groups excluding carboxylic acids is 1. The molecule has 6 nitrogen and oxygen atoms in total. The fraction of sp³-hybridized carbons (Fsp3) is 0.278. The molecule has 24 heavy (non-hydrogen) atoms. The maximum absolute atomic E-state index is 12.2. The van der Waals surface area contributed by atoms with E-state index in [1.54, 1.807) is 12.3 Å². The first-order chi connectivity index (χ1) is 11.7. The monoisotopic (exact) mass is 323 g/mol. The number of rotatable bonds is 6.